The Morgan fingerprint density at radius 3 is 2.44 bits per heavy atom. The maximum atomic E-state index is 12.5. The SMILES string of the molecule is CC(=O)C1=C(C)NC(SCC(=O)c2ccc(Br)cc2)=C(C#N)[C@H]1CC(C)C. The first-order valence-electron chi connectivity index (χ1n) is 8.79. The molecule has 0 aromatic heterocycles. The molecule has 1 aliphatic heterocycles. The van der Waals surface area contributed by atoms with Crippen molar-refractivity contribution in [3.05, 3.63) is 56.2 Å². The molecule has 0 bridgehead atoms. The van der Waals surface area contributed by atoms with E-state index in [1.807, 2.05) is 19.1 Å². The number of hydrogen-bond donors (Lipinski definition) is 1. The Labute approximate surface area is 173 Å². The highest BCUT2D eigenvalue weighted by Crippen LogP contribution is 2.37. The molecule has 1 aromatic rings. The topological polar surface area (TPSA) is 70.0 Å². The van der Waals surface area contributed by atoms with Gasteiger partial charge in [-0.25, -0.2) is 0 Å². The summed E-state index contributed by atoms with van der Waals surface area (Å²) in [4.78, 5) is 24.6. The van der Waals surface area contributed by atoms with Gasteiger partial charge < -0.3 is 5.32 Å². The van der Waals surface area contributed by atoms with Crippen LogP contribution in [0.15, 0.2) is 50.6 Å². The number of nitriles is 1. The Morgan fingerprint density at radius 2 is 1.93 bits per heavy atom. The number of dihydropyridines is 1. The predicted molar refractivity (Wildman–Crippen MR) is 113 cm³/mol. The van der Waals surface area contributed by atoms with Crippen molar-refractivity contribution in [3.8, 4) is 6.07 Å². The van der Waals surface area contributed by atoms with Crippen molar-refractivity contribution in [2.24, 2.45) is 11.8 Å². The van der Waals surface area contributed by atoms with Crippen LogP contribution < -0.4 is 5.32 Å². The van der Waals surface area contributed by atoms with Gasteiger partial charge in [-0.2, -0.15) is 5.26 Å². The normalized spacial score (nSPS) is 17.0. The summed E-state index contributed by atoms with van der Waals surface area (Å²) >= 11 is 4.69. The van der Waals surface area contributed by atoms with E-state index in [4.69, 9.17) is 0 Å². The average Bonchev–Trinajstić information content (AvgIpc) is 2.59. The van der Waals surface area contributed by atoms with Crippen LogP contribution in [0.1, 0.15) is 44.5 Å². The molecule has 6 heteroatoms. The Bertz CT molecular complexity index is 848. The van der Waals surface area contributed by atoms with Gasteiger partial charge in [-0.3, -0.25) is 9.59 Å². The van der Waals surface area contributed by atoms with Crippen molar-refractivity contribution in [3.63, 3.8) is 0 Å². The van der Waals surface area contributed by atoms with Gasteiger partial charge in [0.2, 0.25) is 0 Å². The molecule has 0 fully saturated rings. The van der Waals surface area contributed by atoms with Crippen molar-refractivity contribution >= 4 is 39.3 Å². The zero-order valence-electron chi connectivity index (χ0n) is 15.9. The number of hydrogen-bond acceptors (Lipinski definition) is 5. The number of thioether (sulfide) groups is 1. The minimum atomic E-state index is -0.223. The quantitative estimate of drug-likeness (QED) is 0.580. The number of allylic oxidation sites excluding steroid dienone is 3. The van der Waals surface area contributed by atoms with Gasteiger partial charge in [0.15, 0.2) is 11.6 Å². The number of carbonyl (C=O) groups is 2. The van der Waals surface area contributed by atoms with Gasteiger partial charge in [-0.05, 0) is 38.3 Å². The molecule has 1 aliphatic rings. The predicted octanol–water partition coefficient (Wildman–Crippen LogP) is 5.23. The Hall–Kier alpha value is -1.84. The first-order chi connectivity index (χ1) is 12.7. The molecule has 27 heavy (non-hydrogen) atoms. The van der Waals surface area contributed by atoms with Crippen LogP contribution in [0.3, 0.4) is 0 Å². The molecule has 0 spiro atoms. The van der Waals surface area contributed by atoms with Gasteiger partial charge in [0.1, 0.15) is 0 Å². The number of rotatable bonds is 7. The summed E-state index contributed by atoms with van der Waals surface area (Å²) in [6, 6.07) is 9.51. The fourth-order valence-corrected chi connectivity index (χ4v) is 4.46. The number of nitrogens with one attached hydrogen (secondary N) is 1. The van der Waals surface area contributed by atoms with Gasteiger partial charge in [0.25, 0.3) is 0 Å². The smallest absolute Gasteiger partial charge is 0.173 e. The fourth-order valence-electron chi connectivity index (χ4n) is 3.18. The maximum absolute atomic E-state index is 12.5. The van der Waals surface area contributed by atoms with Crippen molar-refractivity contribution in [1.29, 1.82) is 5.26 Å². The number of halogens is 1. The van der Waals surface area contributed by atoms with Crippen LogP contribution in [-0.2, 0) is 4.79 Å². The second-order valence-electron chi connectivity index (χ2n) is 6.98. The van der Waals surface area contributed by atoms with E-state index in [1.54, 1.807) is 12.1 Å². The average molecular weight is 447 g/mol. The highest BCUT2D eigenvalue weighted by Gasteiger charge is 2.32. The lowest BCUT2D eigenvalue weighted by Crippen LogP contribution is -2.29. The molecule has 1 N–H and O–H groups in total. The van der Waals surface area contributed by atoms with E-state index < -0.39 is 0 Å². The second kappa shape index (κ2) is 9.38. The number of benzene rings is 1. The molecule has 4 nitrogen and oxygen atoms in total. The molecule has 2 rings (SSSR count). The lowest BCUT2D eigenvalue weighted by Gasteiger charge is -2.30. The number of carbonyl (C=O) groups excluding carboxylic acids is 2. The molecule has 0 unspecified atom stereocenters. The van der Waals surface area contributed by atoms with Gasteiger partial charge in [0.05, 0.1) is 22.4 Å². The highest BCUT2D eigenvalue weighted by atomic mass is 79.9. The molecule has 1 heterocycles. The van der Waals surface area contributed by atoms with Crippen LogP contribution in [0, 0.1) is 23.2 Å². The number of Topliss-reactive ketones (excluding diaryl/α,β-unsaturated/α-hetero) is 2. The number of nitrogens with zero attached hydrogens (tertiary/aromatic N) is 1. The van der Waals surface area contributed by atoms with E-state index in [0.717, 1.165) is 16.6 Å². The summed E-state index contributed by atoms with van der Waals surface area (Å²) in [5.41, 5.74) is 2.62. The first-order valence-corrected chi connectivity index (χ1v) is 10.6. The molecular formula is C21H23BrN2O2S. The van der Waals surface area contributed by atoms with Gasteiger partial charge in [-0.15, -0.1) is 0 Å². The van der Waals surface area contributed by atoms with E-state index in [1.165, 1.54) is 18.7 Å². The maximum Gasteiger partial charge on any atom is 0.173 e. The molecule has 1 atom stereocenters. The third kappa shape index (κ3) is 5.33. The van der Waals surface area contributed by atoms with Crippen molar-refractivity contribution < 1.29 is 9.59 Å². The van der Waals surface area contributed by atoms with Gasteiger partial charge in [-0.1, -0.05) is 53.7 Å². The van der Waals surface area contributed by atoms with Gasteiger partial charge in [0, 0.05) is 27.2 Å². The highest BCUT2D eigenvalue weighted by molar-refractivity contribution is 9.10. The summed E-state index contributed by atoms with van der Waals surface area (Å²) in [7, 11) is 0. The molecule has 1 aromatic carbocycles. The summed E-state index contributed by atoms with van der Waals surface area (Å²) < 4.78 is 0.921. The molecule has 0 radical (unpaired) electrons. The summed E-state index contributed by atoms with van der Waals surface area (Å²) in [5.74, 6) is 0.326. The van der Waals surface area contributed by atoms with Gasteiger partial charge >= 0.3 is 0 Å². The Balaban J connectivity index is 2.26. The zero-order chi connectivity index (χ0) is 20.1. The summed E-state index contributed by atoms with van der Waals surface area (Å²) in [6.07, 6.45) is 0.724. The standard InChI is InChI=1S/C21H23BrN2O2S/c1-12(2)9-17-18(10-23)21(24-13(3)20(17)14(4)25)27-11-19(26)15-5-7-16(22)8-6-15/h5-8,12,17,24H,9,11H2,1-4H3/t17-/m1/s1. The molecular weight excluding hydrogens is 424 g/mol. The number of ketones is 2. The lowest BCUT2D eigenvalue weighted by molar-refractivity contribution is -0.114. The molecule has 0 aliphatic carbocycles. The fraction of sp³-hybridized carbons (Fsp3) is 0.381. The zero-order valence-corrected chi connectivity index (χ0v) is 18.3. The van der Waals surface area contributed by atoms with Crippen LogP contribution in [0.4, 0.5) is 0 Å². The molecule has 0 saturated heterocycles. The Morgan fingerprint density at radius 1 is 1.30 bits per heavy atom. The van der Waals surface area contributed by atoms with Crippen molar-refractivity contribution in [2.45, 2.75) is 34.1 Å². The minimum absolute atomic E-state index is 0.00139. The van der Waals surface area contributed by atoms with E-state index in [0.29, 0.717) is 27.7 Å². The van der Waals surface area contributed by atoms with E-state index in [9.17, 15) is 14.9 Å². The van der Waals surface area contributed by atoms with Crippen LogP contribution >= 0.6 is 27.7 Å². The summed E-state index contributed by atoms with van der Waals surface area (Å²) in [6.45, 7) is 7.55. The monoisotopic (exact) mass is 446 g/mol. The first kappa shape index (κ1) is 21.5. The van der Waals surface area contributed by atoms with E-state index in [-0.39, 0.29) is 23.2 Å². The second-order valence-corrected chi connectivity index (χ2v) is 8.88. The Kier molecular flexibility index (Phi) is 7.46. The van der Waals surface area contributed by atoms with Crippen LogP contribution in [0.5, 0.6) is 0 Å². The largest absolute Gasteiger partial charge is 0.353 e. The van der Waals surface area contributed by atoms with E-state index >= 15 is 0 Å². The van der Waals surface area contributed by atoms with Crippen LogP contribution in [-0.4, -0.2) is 17.3 Å². The molecule has 0 saturated carbocycles. The molecule has 142 valence electrons. The third-order valence-corrected chi connectivity index (χ3v) is 5.91. The lowest BCUT2D eigenvalue weighted by atomic mass is 9.81. The van der Waals surface area contributed by atoms with E-state index in [2.05, 4.69) is 41.2 Å². The van der Waals surface area contributed by atoms with Crippen LogP contribution in [0.2, 0.25) is 0 Å². The van der Waals surface area contributed by atoms with Crippen molar-refractivity contribution in [1.82, 2.24) is 5.32 Å². The summed E-state index contributed by atoms with van der Waals surface area (Å²) in [5, 5.41) is 13.6. The minimum Gasteiger partial charge on any atom is -0.353 e. The van der Waals surface area contributed by atoms with Crippen molar-refractivity contribution in [2.75, 3.05) is 5.75 Å². The molecule has 0 amide bonds. The van der Waals surface area contributed by atoms with Crippen LogP contribution in [0.25, 0.3) is 0 Å². The third-order valence-electron chi connectivity index (χ3n) is 4.37.